The number of likely N-dealkylation sites (tertiary alicyclic amines) is 1. The van der Waals surface area contributed by atoms with Crippen molar-refractivity contribution in [1.82, 2.24) is 4.90 Å². The molecule has 1 N–H and O–H groups in total. The van der Waals surface area contributed by atoms with Gasteiger partial charge < -0.3 is 10.2 Å². The van der Waals surface area contributed by atoms with Crippen molar-refractivity contribution < 1.29 is 9.59 Å². The molecule has 0 saturated carbocycles. The average Bonchev–Trinajstić information content (AvgIpc) is 2.68. The summed E-state index contributed by atoms with van der Waals surface area (Å²) in [4.78, 5) is 25.8. The highest BCUT2D eigenvalue weighted by atomic mass is 16.2. The predicted molar refractivity (Wildman–Crippen MR) is 104 cm³/mol. The normalized spacial score (nSPS) is 14.9. The molecule has 4 heteroatoms. The minimum absolute atomic E-state index is 0.0282. The summed E-state index contributed by atoms with van der Waals surface area (Å²) < 4.78 is 0. The van der Waals surface area contributed by atoms with Gasteiger partial charge in [-0.25, -0.2) is 0 Å². The van der Waals surface area contributed by atoms with Crippen LogP contribution in [0.2, 0.25) is 0 Å². The molecule has 1 heterocycles. The summed E-state index contributed by atoms with van der Waals surface area (Å²) in [6, 6.07) is 17.9. The van der Waals surface area contributed by atoms with Crippen molar-refractivity contribution in [3.05, 3.63) is 65.7 Å². The number of rotatable bonds is 6. The highest BCUT2D eigenvalue weighted by Crippen LogP contribution is 2.22. The van der Waals surface area contributed by atoms with Gasteiger partial charge in [0.1, 0.15) is 0 Å². The van der Waals surface area contributed by atoms with Crippen LogP contribution in [-0.2, 0) is 11.2 Å². The van der Waals surface area contributed by atoms with Crippen LogP contribution < -0.4 is 5.32 Å². The van der Waals surface area contributed by atoms with E-state index in [1.54, 1.807) is 19.1 Å². The second kappa shape index (κ2) is 8.65. The zero-order chi connectivity index (χ0) is 18.4. The van der Waals surface area contributed by atoms with Crippen molar-refractivity contribution in [2.45, 2.75) is 26.2 Å². The van der Waals surface area contributed by atoms with E-state index in [9.17, 15) is 9.59 Å². The van der Waals surface area contributed by atoms with Crippen LogP contribution in [0.1, 0.15) is 35.7 Å². The average molecular weight is 350 g/mol. The van der Waals surface area contributed by atoms with E-state index >= 15 is 0 Å². The van der Waals surface area contributed by atoms with Gasteiger partial charge in [-0.05, 0) is 49.8 Å². The molecule has 1 amide bonds. The molecule has 4 nitrogen and oxygen atoms in total. The molecule has 0 unspecified atom stereocenters. The smallest absolute Gasteiger partial charge is 0.241 e. The Morgan fingerprint density at radius 2 is 1.77 bits per heavy atom. The summed E-state index contributed by atoms with van der Waals surface area (Å²) in [6.45, 7) is 3.46. The molecule has 0 radical (unpaired) electrons. The topological polar surface area (TPSA) is 49.4 Å². The summed E-state index contributed by atoms with van der Waals surface area (Å²) in [7, 11) is 0. The van der Waals surface area contributed by atoms with Crippen LogP contribution in [0.25, 0.3) is 0 Å². The number of hydrogen-bond acceptors (Lipinski definition) is 3. The molecule has 0 aliphatic carbocycles. The van der Waals surface area contributed by atoms with Crippen LogP contribution in [0.5, 0.6) is 0 Å². The third kappa shape index (κ3) is 4.94. The van der Waals surface area contributed by atoms with Crippen LogP contribution in [0.4, 0.5) is 5.69 Å². The number of carbonyl (C=O) groups is 2. The summed E-state index contributed by atoms with van der Waals surface area (Å²) in [5, 5.41) is 3.14. The van der Waals surface area contributed by atoms with E-state index in [1.807, 2.05) is 23.1 Å². The Labute approximate surface area is 155 Å². The molecule has 0 aromatic heterocycles. The number of hydrogen-bond donors (Lipinski definition) is 1. The van der Waals surface area contributed by atoms with Crippen LogP contribution >= 0.6 is 0 Å². The second-order valence-electron chi connectivity index (χ2n) is 7.00. The first-order valence-electron chi connectivity index (χ1n) is 9.28. The minimum Gasteiger partial charge on any atom is -0.376 e. The van der Waals surface area contributed by atoms with Crippen molar-refractivity contribution in [3.8, 4) is 0 Å². The number of carbonyl (C=O) groups excluding carboxylic acids is 2. The number of ketones is 1. The van der Waals surface area contributed by atoms with Gasteiger partial charge in [0.05, 0.1) is 6.54 Å². The van der Waals surface area contributed by atoms with Crippen molar-refractivity contribution >= 4 is 17.4 Å². The Kier molecular flexibility index (Phi) is 6.05. The Morgan fingerprint density at radius 3 is 2.46 bits per heavy atom. The highest BCUT2D eigenvalue weighted by molar-refractivity contribution is 5.95. The Balaban J connectivity index is 1.45. The SMILES string of the molecule is CC(=O)c1cccc(NCC(=O)N2CCC(Cc3ccccc3)CC2)c1. The van der Waals surface area contributed by atoms with Crippen molar-refractivity contribution in [3.63, 3.8) is 0 Å². The van der Waals surface area contributed by atoms with Gasteiger partial charge >= 0.3 is 0 Å². The maximum atomic E-state index is 12.5. The largest absolute Gasteiger partial charge is 0.376 e. The van der Waals surface area contributed by atoms with Gasteiger partial charge in [0.15, 0.2) is 5.78 Å². The molecule has 0 bridgehead atoms. The van der Waals surface area contributed by atoms with E-state index < -0.39 is 0 Å². The van der Waals surface area contributed by atoms with E-state index in [0.29, 0.717) is 11.5 Å². The number of benzene rings is 2. The van der Waals surface area contributed by atoms with Crippen LogP contribution in [0.3, 0.4) is 0 Å². The lowest BCUT2D eigenvalue weighted by molar-refractivity contribution is -0.130. The van der Waals surface area contributed by atoms with E-state index in [-0.39, 0.29) is 18.2 Å². The quantitative estimate of drug-likeness (QED) is 0.807. The third-order valence-corrected chi connectivity index (χ3v) is 5.05. The molecule has 1 saturated heterocycles. The molecule has 136 valence electrons. The standard InChI is InChI=1S/C22H26N2O2/c1-17(25)20-8-5-9-21(15-20)23-16-22(26)24-12-10-19(11-13-24)14-18-6-3-2-4-7-18/h2-9,15,19,23H,10-14,16H2,1H3. The van der Waals surface area contributed by atoms with Gasteiger partial charge in [0.2, 0.25) is 5.91 Å². The molecule has 2 aromatic rings. The maximum absolute atomic E-state index is 12.5. The number of amides is 1. The Hall–Kier alpha value is -2.62. The van der Waals surface area contributed by atoms with Gasteiger partial charge in [0.25, 0.3) is 0 Å². The summed E-state index contributed by atoms with van der Waals surface area (Å²) in [6.07, 6.45) is 3.21. The van der Waals surface area contributed by atoms with Crippen LogP contribution in [0, 0.1) is 5.92 Å². The zero-order valence-electron chi connectivity index (χ0n) is 15.3. The summed E-state index contributed by atoms with van der Waals surface area (Å²) in [5.41, 5.74) is 2.85. The number of piperidine rings is 1. The number of nitrogens with zero attached hydrogens (tertiary/aromatic N) is 1. The predicted octanol–water partition coefficient (Wildman–Crippen LogP) is 3.78. The monoisotopic (exact) mass is 350 g/mol. The van der Waals surface area contributed by atoms with E-state index in [1.165, 1.54) is 5.56 Å². The van der Waals surface area contributed by atoms with Crippen molar-refractivity contribution in [1.29, 1.82) is 0 Å². The lowest BCUT2D eigenvalue weighted by atomic mass is 9.90. The Bertz CT molecular complexity index is 750. The van der Waals surface area contributed by atoms with Crippen molar-refractivity contribution in [2.75, 3.05) is 25.0 Å². The number of Topliss-reactive ketones (excluding diaryl/α,β-unsaturated/α-hetero) is 1. The first-order valence-corrected chi connectivity index (χ1v) is 9.28. The highest BCUT2D eigenvalue weighted by Gasteiger charge is 2.22. The molecular formula is C22H26N2O2. The number of nitrogens with one attached hydrogen (secondary N) is 1. The first-order chi connectivity index (χ1) is 12.6. The second-order valence-corrected chi connectivity index (χ2v) is 7.00. The first kappa shape index (κ1) is 18.2. The van der Waals surface area contributed by atoms with Crippen molar-refractivity contribution in [2.24, 2.45) is 5.92 Å². The van der Waals surface area contributed by atoms with Gasteiger partial charge in [-0.2, -0.15) is 0 Å². The fourth-order valence-corrected chi connectivity index (χ4v) is 3.47. The van der Waals surface area contributed by atoms with E-state index in [4.69, 9.17) is 0 Å². The fourth-order valence-electron chi connectivity index (χ4n) is 3.47. The fraction of sp³-hybridized carbons (Fsp3) is 0.364. The van der Waals surface area contributed by atoms with Crippen LogP contribution in [0.15, 0.2) is 54.6 Å². The maximum Gasteiger partial charge on any atom is 0.241 e. The summed E-state index contributed by atoms with van der Waals surface area (Å²) >= 11 is 0. The molecule has 1 aliphatic rings. The third-order valence-electron chi connectivity index (χ3n) is 5.05. The lowest BCUT2D eigenvalue weighted by Crippen LogP contribution is -2.41. The van der Waals surface area contributed by atoms with Gasteiger partial charge in [-0.3, -0.25) is 9.59 Å². The zero-order valence-corrected chi connectivity index (χ0v) is 15.3. The van der Waals surface area contributed by atoms with Gasteiger partial charge in [-0.1, -0.05) is 42.5 Å². The molecule has 3 rings (SSSR count). The molecule has 1 aliphatic heterocycles. The lowest BCUT2D eigenvalue weighted by Gasteiger charge is -2.32. The summed E-state index contributed by atoms with van der Waals surface area (Å²) in [5.74, 6) is 0.804. The molecular weight excluding hydrogens is 324 g/mol. The van der Waals surface area contributed by atoms with E-state index in [0.717, 1.165) is 38.0 Å². The molecule has 0 atom stereocenters. The molecule has 1 fully saturated rings. The molecule has 2 aromatic carbocycles. The van der Waals surface area contributed by atoms with Gasteiger partial charge in [-0.15, -0.1) is 0 Å². The van der Waals surface area contributed by atoms with E-state index in [2.05, 4.69) is 29.6 Å². The molecule has 26 heavy (non-hydrogen) atoms. The Morgan fingerprint density at radius 1 is 1.04 bits per heavy atom. The van der Waals surface area contributed by atoms with Gasteiger partial charge in [0, 0.05) is 24.3 Å². The minimum atomic E-state index is 0.0282. The van der Waals surface area contributed by atoms with Crippen LogP contribution in [-0.4, -0.2) is 36.2 Å². The molecule has 0 spiro atoms. The number of anilines is 1.